The van der Waals surface area contributed by atoms with Gasteiger partial charge in [0, 0.05) is 0 Å². The Morgan fingerprint density at radius 1 is 1.21 bits per heavy atom. The van der Waals surface area contributed by atoms with E-state index in [4.69, 9.17) is 5.21 Å². The van der Waals surface area contributed by atoms with Crippen molar-refractivity contribution in [3.63, 3.8) is 0 Å². The van der Waals surface area contributed by atoms with Crippen LogP contribution in [0.3, 0.4) is 0 Å². The lowest BCUT2D eigenvalue weighted by Gasteiger charge is -2.08. The fourth-order valence-electron chi connectivity index (χ4n) is 0.822. The van der Waals surface area contributed by atoms with Crippen LogP contribution in [-0.2, 0) is 0 Å². The van der Waals surface area contributed by atoms with Gasteiger partial charge in [0.05, 0.1) is 6.21 Å². The number of halogens is 3. The second kappa shape index (κ2) is 3.99. The molecule has 14 heavy (non-hydrogen) atoms. The van der Waals surface area contributed by atoms with Crippen LogP contribution in [0, 0.1) is 0 Å². The minimum Gasteiger partial charge on any atom is -0.411 e. The van der Waals surface area contributed by atoms with Crippen LogP contribution < -0.4 is 4.74 Å². The monoisotopic (exact) mass is 205 g/mol. The number of alkyl halides is 3. The Balaban J connectivity index is 2.74. The lowest BCUT2D eigenvalue weighted by molar-refractivity contribution is -0.274. The molecule has 0 fully saturated rings. The second-order valence-electron chi connectivity index (χ2n) is 2.36. The summed E-state index contributed by atoms with van der Waals surface area (Å²) in [6.07, 6.45) is -3.59. The standard InChI is InChI=1S/C8H6F3NO2/c9-8(10,11)14-7-3-1-6(2-4-7)5-12-13/h1-5,13H/b12-5+. The van der Waals surface area contributed by atoms with Gasteiger partial charge in [-0.05, 0) is 29.8 Å². The molecule has 1 rings (SSSR count). The molecule has 6 heteroatoms. The smallest absolute Gasteiger partial charge is 0.411 e. The molecule has 0 unspecified atom stereocenters. The molecular formula is C8H6F3NO2. The van der Waals surface area contributed by atoms with Crippen LogP contribution in [0.25, 0.3) is 0 Å². The molecule has 1 N–H and O–H groups in total. The maximum atomic E-state index is 11.7. The van der Waals surface area contributed by atoms with Crippen LogP contribution in [0.5, 0.6) is 5.75 Å². The number of nitrogens with zero attached hydrogens (tertiary/aromatic N) is 1. The third-order valence-corrected chi connectivity index (χ3v) is 1.32. The highest BCUT2D eigenvalue weighted by atomic mass is 19.4. The van der Waals surface area contributed by atoms with Crippen molar-refractivity contribution in [3.8, 4) is 5.75 Å². The van der Waals surface area contributed by atoms with Crippen molar-refractivity contribution in [2.24, 2.45) is 5.16 Å². The fraction of sp³-hybridized carbons (Fsp3) is 0.125. The Kier molecular flexibility index (Phi) is 2.95. The first-order valence-electron chi connectivity index (χ1n) is 3.54. The zero-order valence-electron chi connectivity index (χ0n) is 6.82. The predicted octanol–water partition coefficient (Wildman–Crippen LogP) is 2.39. The molecule has 1 aromatic rings. The van der Waals surface area contributed by atoms with Gasteiger partial charge in [0.15, 0.2) is 0 Å². The minimum absolute atomic E-state index is 0.312. The molecule has 0 saturated carbocycles. The van der Waals surface area contributed by atoms with Gasteiger partial charge >= 0.3 is 6.36 Å². The molecule has 0 aliphatic carbocycles. The first-order valence-corrected chi connectivity index (χ1v) is 3.54. The van der Waals surface area contributed by atoms with Crippen molar-refractivity contribution in [1.29, 1.82) is 0 Å². The number of benzene rings is 1. The van der Waals surface area contributed by atoms with Crippen molar-refractivity contribution in [1.82, 2.24) is 0 Å². The van der Waals surface area contributed by atoms with E-state index in [0.29, 0.717) is 5.56 Å². The van der Waals surface area contributed by atoms with Crippen molar-refractivity contribution in [2.75, 3.05) is 0 Å². The Hall–Kier alpha value is -1.72. The summed E-state index contributed by atoms with van der Waals surface area (Å²) in [5.74, 6) is -0.312. The summed E-state index contributed by atoms with van der Waals surface area (Å²) in [6, 6.07) is 4.93. The molecule has 0 aromatic heterocycles. The summed E-state index contributed by atoms with van der Waals surface area (Å²) in [5, 5.41) is 10.9. The molecule has 0 radical (unpaired) electrons. The highest BCUT2D eigenvalue weighted by molar-refractivity contribution is 5.79. The van der Waals surface area contributed by atoms with Gasteiger partial charge in [-0.15, -0.1) is 13.2 Å². The zero-order chi connectivity index (χ0) is 10.6. The van der Waals surface area contributed by atoms with Crippen LogP contribution in [0.2, 0.25) is 0 Å². The van der Waals surface area contributed by atoms with Gasteiger partial charge in [0.2, 0.25) is 0 Å². The van der Waals surface area contributed by atoms with Crippen LogP contribution in [0.4, 0.5) is 13.2 Å². The Morgan fingerprint density at radius 3 is 2.21 bits per heavy atom. The third kappa shape index (κ3) is 3.34. The average Bonchev–Trinajstić information content (AvgIpc) is 2.06. The van der Waals surface area contributed by atoms with Gasteiger partial charge in [-0.2, -0.15) is 0 Å². The second-order valence-corrected chi connectivity index (χ2v) is 2.36. The predicted molar refractivity (Wildman–Crippen MR) is 42.5 cm³/mol. The molecule has 1 aromatic carbocycles. The van der Waals surface area contributed by atoms with E-state index in [0.717, 1.165) is 18.3 Å². The summed E-state index contributed by atoms with van der Waals surface area (Å²) < 4.78 is 38.7. The molecule has 0 aliphatic rings. The van der Waals surface area contributed by atoms with Crippen LogP contribution in [-0.4, -0.2) is 17.8 Å². The van der Waals surface area contributed by atoms with Crippen LogP contribution >= 0.6 is 0 Å². The van der Waals surface area contributed by atoms with E-state index in [9.17, 15) is 13.2 Å². The Bertz CT molecular complexity index is 318. The quantitative estimate of drug-likeness (QED) is 0.457. The number of ether oxygens (including phenoxy) is 1. The molecular weight excluding hydrogens is 199 g/mol. The first kappa shape index (κ1) is 10.4. The third-order valence-electron chi connectivity index (χ3n) is 1.32. The molecule has 0 aliphatic heterocycles. The van der Waals surface area contributed by atoms with Gasteiger partial charge in [-0.25, -0.2) is 0 Å². The maximum absolute atomic E-state index is 11.7. The summed E-state index contributed by atoms with van der Waals surface area (Å²) in [5.41, 5.74) is 0.474. The minimum atomic E-state index is -4.69. The number of oxime groups is 1. The molecule has 3 nitrogen and oxygen atoms in total. The van der Waals surface area contributed by atoms with Crippen LogP contribution in [0.1, 0.15) is 5.56 Å². The normalized spacial score (nSPS) is 11.9. The van der Waals surface area contributed by atoms with Gasteiger partial charge < -0.3 is 9.94 Å². The highest BCUT2D eigenvalue weighted by Crippen LogP contribution is 2.22. The van der Waals surface area contributed by atoms with Crippen molar-refractivity contribution in [3.05, 3.63) is 29.8 Å². The van der Waals surface area contributed by atoms with E-state index >= 15 is 0 Å². The van der Waals surface area contributed by atoms with E-state index in [1.54, 1.807) is 0 Å². The summed E-state index contributed by atoms with van der Waals surface area (Å²) in [6.45, 7) is 0. The maximum Gasteiger partial charge on any atom is 0.573 e. The number of rotatable bonds is 2. The first-order chi connectivity index (χ1) is 6.51. The van der Waals surface area contributed by atoms with E-state index < -0.39 is 6.36 Å². The number of hydrogen-bond acceptors (Lipinski definition) is 3. The van der Waals surface area contributed by atoms with Crippen molar-refractivity contribution < 1.29 is 23.1 Å². The van der Waals surface area contributed by atoms with E-state index in [1.807, 2.05) is 0 Å². The molecule has 76 valence electrons. The Morgan fingerprint density at radius 2 is 1.79 bits per heavy atom. The summed E-state index contributed by atoms with van der Waals surface area (Å²) in [4.78, 5) is 0. The fourth-order valence-corrected chi connectivity index (χ4v) is 0.822. The van der Waals surface area contributed by atoms with Crippen LogP contribution in [0.15, 0.2) is 29.4 Å². The molecule has 0 amide bonds. The van der Waals surface area contributed by atoms with Crippen molar-refractivity contribution >= 4 is 6.21 Å². The van der Waals surface area contributed by atoms with E-state index in [-0.39, 0.29) is 5.75 Å². The van der Waals surface area contributed by atoms with Crippen molar-refractivity contribution in [2.45, 2.75) is 6.36 Å². The molecule has 0 saturated heterocycles. The number of hydrogen-bond donors (Lipinski definition) is 1. The van der Waals surface area contributed by atoms with Gasteiger partial charge in [0.25, 0.3) is 0 Å². The summed E-state index contributed by atoms with van der Waals surface area (Å²) >= 11 is 0. The topological polar surface area (TPSA) is 41.8 Å². The molecule has 0 atom stereocenters. The summed E-state index contributed by atoms with van der Waals surface area (Å²) in [7, 11) is 0. The van der Waals surface area contributed by atoms with E-state index in [2.05, 4.69) is 9.89 Å². The zero-order valence-corrected chi connectivity index (χ0v) is 6.82. The van der Waals surface area contributed by atoms with Gasteiger partial charge in [0.1, 0.15) is 5.75 Å². The SMILES string of the molecule is O/N=C/c1ccc(OC(F)(F)F)cc1. The average molecular weight is 205 g/mol. The van der Waals surface area contributed by atoms with E-state index in [1.165, 1.54) is 12.1 Å². The van der Waals surface area contributed by atoms with Gasteiger partial charge in [-0.3, -0.25) is 0 Å². The highest BCUT2D eigenvalue weighted by Gasteiger charge is 2.30. The lowest BCUT2D eigenvalue weighted by Crippen LogP contribution is -2.16. The lowest BCUT2D eigenvalue weighted by atomic mass is 10.2. The molecule has 0 heterocycles. The Labute approximate surface area is 77.4 Å². The largest absolute Gasteiger partial charge is 0.573 e. The molecule has 0 spiro atoms. The molecule has 0 bridgehead atoms. The van der Waals surface area contributed by atoms with Gasteiger partial charge in [-0.1, -0.05) is 5.16 Å².